The number of benzene rings is 1. The predicted octanol–water partition coefficient (Wildman–Crippen LogP) is 2.29. The first-order chi connectivity index (χ1) is 8.59. The van der Waals surface area contributed by atoms with Gasteiger partial charge in [-0.3, -0.25) is 9.59 Å². The summed E-state index contributed by atoms with van der Waals surface area (Å²) in [4.78, 5) is 24.5. The summed E-state index contributed by atoms with van der Waals surface area (Å²) in [6.07, 6.45) is 2.94. The van der Waals surface area contributed by atoms with E-state index in [2.05, 4.69) is 0 Å². The number of halogens is 2. The molecule has 0 aromatic heterocycles. The molecule has 1 aromatic carbocycles. The molecule has 94 valence electrons. The van der Waals surface area contributed by atoms with Crippen LogP contribution in [-0.4, -0.2) is 18.2 Å². The van der Waals surface area contributed by atoms with E-state index >= 15 is 0 Å². The molecule has 0 unspecified atom stereocenters. The van der Waals surface area contributed by atoms with Gasteiger partial charge in [-0.1, -0.05) is 12.8 Å². The number of Topliss-reactive ketones (excluding diaryl/α,β-unsaturated/α-hetero) is 1. The molecule has 3 rings (SSSR count). The topological polar surface area (TPSA) is 37.4 Å². The second-order valence-corrected chi connectivity index (χ2v) is 4.77. The van der Waals surface area contributed by atoms with Crippen LogP contribution in [0.4, 0.5) is 14.5 Å². The van der Waals surface area contributed by atoms with E-state index in [1.54, 1.807) is 0 Å². The Labute approximate surface area is 102 Å². The standard InChI is InChI=1S/C13H11F2NO2/c14-8-3-4-9(15)11-10(8)12(17)13(18)16(11)6-5-7-1-2-7/h3-4,7H,1-2,5-6H2. The van der Waals surface area contributed by atoms with E-state index in [1.807, 2.05) is 0 Å². The Kier molecular flexibility index (Phi) is 2.43. The van der Waals surface area contributed by atoms with Gasteiger partial charge in [0.15, 0.2) is 0 Å². The van der Waals surface area contributed by atoms with Gasteiger partial charge in [-0.05, 0) is 24.5 Å². The van der Waals surface area contributed by atoms with Crippen molar-refractivity contribution in [1.29, 1.82) is 0 Å². The van der Waals surface area contributed by atoms with Crippen LogP contribution in [0.2, 0.25) is 0 Å². The third-order valence-electron chi connectivity index (χ3n) is 3.47. The van der Waals surface area contributed by atoms with E-state index in [-0.39, 0.29) is 12.2 Å². The molecule has 1 saturated carbocycles. The van der Waals surface area contributed by atoms with Gasteiger partial charge in [0.2, 0.25) is 0 Å². The highest BCUT2D eigenvalue weighted by atomic mass is 19.1. The van der Waals surface area contributed by atoms with Gasteiger partial charge < -0.3 is 4.90 Å². The van der Waals surface area contributed by atoms with Crippen LogP contribution in [0.5, 0.6) is 0 Å². The lowest BCUT2D eigenvalue weighted by molar-refractivity contribution is -0.114. The van der Waals surface area contributed by atoms with E-state index < -0.39 is 28.9 Å². The van der Waals surface area contributed by atoms with Crippen LogP contribution in [0.15, 0.2) is 12.1 Å². The molecule has 3 nitrogen and oxygen atoms in total. The molecule has 1 heterocycles. The fraction of sp³-hybridized carbons (Fsp3) is 0.385. The van der Waals surface area contributed by atoms with Crippen LogP contribution in [0.1, 0.15) is 29.6 Å². The maximum absolute atomic E-state index is 13.7. The molecule has 0 atom stereocenters. The van der Waals surface area contributed by atoms with E-state index in [0.717, 1.165) is 36.3 Å². The number of nitrogens with zero attached hydrogens (tertiary/aromatic N) is 1. The summed E-state index contributed by atoms with van der Waals surface area (Å²) in [5.41, 5.74) is -0.610. The lowest BCUT2D eigenvalue weighted by atomic mass is 10.1. The number of carbonyl (C=O) groups is 2. The maximum atomic E-state index is 13.7. The third kappa shape index (κ3) is 1.62. The molecule has 1 aromatic rings. The van der Waals surface area contributed by atoms with Gasteiger partial charge in [0.1, 0.15) is 11.6 Å². The molecule has 0 N–H and O–H groups in total. The Morgan fingerprint density at radius 3 is 2.50 bits per heavy atom. The number of hydrogen-bond acceptors (Lipinski definition) is 2. The predicted molar refractivity (Wildman–Crippen MR) is 60.4 cm³/mol. The third-order valence-corrected chi connectivity index (χ3v) is 3.47. The highest BCUT2D eigenvalue weighted by Gasteiger charge is 2.40. The van der Waals surface area contributed by atoms with Gasteiger partial charge in [-0.2, -0.15) is 0 Å². The van der Waals surface area contributed by atoms with Crippen molar-refractivity contribution in [2.24, 2.45) is 5.92 Å². The van der Waals surface area contributed by atoms with Gasteiger partial charge in [-0.25, -0.2) is 8.78 Å². The highest BCUT2D eigenvalue weighted by Crippen LogP contribution is 2.37. The number of amides is 1. The quantitative estimate of drug-likeness (QED) is 0.773. The summed E-state index contributed by atoms with van der Waals surface area (Å²) < 4.78 is 27.2. The second-order valence-electron chi connectivity index (χ2n) is 4.77. The Balaban J connectivity index is 1.99. The molecule has 18 heavy (non-hydrogen) atoms. The number of hydrogen-bond donors (Lipinski definition) is 0. The van der Waals surface area contributed by atoms with Crippen LogP contribution in [0, 0.1) is 17.6 Å². The van der Waals surface area contributed by atoms with Crippen molar-refractivity contribution in [3.63, 3.8) is 0 Å². The first-order valence-corrected chi connectivity index (χ1v) is 5.94. The molecule has 0 spiro atoms. The molecule has 1 amide bonds. The van der Waals surface area contributed by atoms with E-state index in [9.17, 15) is 18.4 Å². The summed E-state index contributed by atoms with van der Waals surface area (Å²) in [7, 11) is 0. The zero-order chi connectivity index (χ0) is 12.9. The van der Waals surface area contributed by atoms with E-state index in [4.69, 9.17) is 0 Å². The van der Waals surface area contributed by atoms with Crippen molar-refractivity contribution in [3.8, 4) is 0 Å². The number of ketones is 1. The van der Waals surface area contributed by atoms with Crippen molar-refractivity contribution in [3.05, 3.63) is 29.3 Å². The minimum atomic E-state index is -0.946. The summed E-state index contributed by atoms with van der Waals surface area (Å²) in [5, 5.41) is 0. The summed E-state index contributed by atoms with van der Waals surface area (Å²) in [6, 6.07) is 1.83. The Hall–Kier alpha value is -1.78. The lowest BCUT2D eigenvalue weighted by Crippen LogP contribution is -2.31. The number of anilines is 1. The van der Waals surface area contributed by atoms with Crippen LogP contribution >= 0.6 is 0 Å². The monoisotopic (exact) mass is 251 g/mol. The average molecular weight is 251 g/mol. The molecule has 0 radical (unpaired) electrons. The highest BCUT2D eigenvalue weighted by molar-refractivity contribution is 6.52. The lowest BCUT2D eigenvalue weighted by Gasteiger charge is -2.16. The van der Waals surface area contributed by atoms with Crippen molar-refractivity contribution in [1.82, 2.24) is 0 Å². The van der Waals surface area contributed by atoms with Crippen LogP contribution in [-0.2, 0) is 4.79 Å². The Bertz CT molecular complexity index is 552. The largest absolute Gasteiger partial charge is 0.302 e. The molecule has 0 saturated heterocycles. The first-order valence-electron chi connectivity index (χ1n) is 5.94. The van der Waals surface area contributed by atoms with Crippen molar-refractivity contribution >= 4 is 17.4 Å². The zero-order valence-corrected chi connectivity index (χ0v) is 9.58. The zero-order valence-electron chi connectivity index (χ0n) is 9.58. The Morgan fingerprint density at radius 1 is 1.17 bits per heavy atom. The number of fused-ring (bicyclic) bond motifs is 1. The van der Waals surface area contributed by atoms with Gasteiger partial charge in [0.05, 0.1) is 11.3 Å². The van der Waals surface area contributed by atoms with Crippen LogP contribution in [0.3, 0.4) is 0 Å². The van der Waals surface area contributed by atoms with Crippen molar-refractivity contribution in [2.75, 3.05) is 11.4 Å². The molecular weight excluding hydrogens is 240 g/mol. The molecular formula is C13H11F2NO2. The van der Waals surface area contributed by atoms with E-state index in [1.165, 1.54) is 0 Å². The molecule has 1 aliphatic heterocycles. The molecule has 1 aliphatic carbocycles. The summed E-state index contributed by atoms with van der Waals surface area (Å²) >= 11 is 0. The summed E-state index contributed by atoms with van der Waals surface area (Å²) in [6.45, 7) is 0.280. The fourth-order valence-corrected chi connectivity index (χ4v) is 2.28. The van der Waals surface area contributed by atoms with Crippen molar-refractivity contribution < 1.29 is 18.4 Å². The van der Waals surface area contributed by atoms with Crippen LogP contribution in [0.25, 0.3) is 0 Å². The minimum absolute atomic E-state index is 0.189. The molecule has 2 aliphatic rings. The second kappa shape index (κ2) is 3.86. The van der Waals surface area contributed by atoms with Gasteiger partial charge in [0.25, 0.3) is 11.7 Å². The average Bonchev–Trinajstić information content (AvgIpc) is 3.12. The van der Waals surface area contributed by atoms with Gasteiger partial charge in [0, 0.05) is 6.54 Å². The minimum Gasteiger partial charge on any atom is -0.302 e. The molecule has 5 heteroatoms. The summed E-state index contributed by atoms with van der Waals surface area (Å²) in [5.74, 6) is -2.78. The maximum Gasteiger partial charge on any atom is 0.299 e. The molecule has 1 fully saturated rings. The number of rotatable bonds is 3. The SMILES string of the molecule is O=C1C(=O)N(CCC2CC2)c2c(F)ccc(F)c21. The van der Waals surface area contributed by atoms with Gasteiger partial charge >= 0.3 is 0 Å². The van der Waals surface area contributed by atoms with Crippen LogP contribution < -0.4 is 4.90 Å². The first kappa shape index (κ1) is 11.3. The van der Waals surface area contributed by atoms with Crippen molar-refractivity contribution in [2.45, 2.75) is 19.3 Å². The fourth-order valence-electron chi connectivity index (χ4n) is 2.28. The van der Waals surface area contributed by atoms with E-state index in [0.29, 0.717) is 5.92 Å². The molecule has 0 bridgehead atoms. The normalized spacial score (nSPS) is 18.4. The van der Waals surface area contributed by atoms with Gasteiger partial charge in [-0.15, -0.1) is 0 Å². The smallest absolute Gasteiger partial charge is 0.299 e. The number of carbonyl (C=O) groups excluding carboxylic acids is 2. The Morgan fingerprint density at radius 2 is 1.83 bits per heavy atom.